The van der Waals surface area contributed by atoms with Gasteiger partial charge in [-0.3, -0.25) is 4.99 Å². The van der Waals surface area contributed by atoms with Gasteiger partial charge in [-0.05, 0) is 31.0 Å². The zero-order chi connectivity index (χ0) is 28.0. The summed E-state index contributed by atoms with van der Waals surface area (Å²) < 4.78 is 41.6. The molecule has 14 heteroatoms. The number of aromatic nitrogens is 3. The van der Waals surface area contributed by atoms with Crippen molar-refractivity contribution >= 4 is 40.4 Å². The predicted octanol–water partition coefficient (Wildman–Crippen LogP) is 4.68. The van der Waals surface area contributed by atoms with E-state index in [0.29, 0.717) is 59.0 Å². The minimum atomic E-state index is -2.84. The second-order valence-electron chi connectivity index (χ2n) is 9.88. The van der Waals surface area contributed by atoms with Crippen LogP contribution in [-0.2, 0) is 0 Å². The minimum Gasteiger partial charge on any atom is -0.391 e. The first-order valence-electron chi connectivity index (χ1n) is 12.8. The molecule has 2 amide bonds. The highest BCUT2D eigenvalue weighted by Gasteiger charge is 2.41. The number of halogens is 4. The number of rotatable bonds is 5. The topological polar surface area (TPSA) is 98.9 Å². The average molecular weight is 592 g/mol. The maximum atomic E-state index is 14.0. The molecule has 1 aromatic carbocycles. The van der Waals surface area contributed by atoms with E-state index in [9.17, 15) is 23.1 Å². The minimum absolute atomic E-state index is 0.138. The van der Waals surface area contributed by atoms with Crippen molar-refractivity contribution in [3.8, 4) is 0 Å². The largest absolute Gasteiger partial charge is 0.391 e. The lowest BCUT2D eigenvalue weighted by atomic mass is 9.92. The summed E-state index contributed by atoms with van der Waals surface area (Å²) in [5.41, 5.74) is 2.03. The number of carbonyl (C=O) groups is 1. The standard InChI is InChI=1S/C26H25ClF3N7O2S/c27-18-10-14(28)3-4-17(18)22-21(19-5-8-37(34-19)25(29)30)20-11-15(32-26(39)35-7-1-2-16(38)13-35)12-36(20)23(33-22)24-31-6-9-40-24/h3-6,8-10,15-16,22,25,38H,1-2,7,11-13H2,(H,32,39)/t15-,16-,22-/m0/s1. The van der Waals surface area contributed by atoms with Crippen LogP contribution in [0.1, 0.15) is 48.1 Å². The third kappa shape index (κ3) is 5.08. The van der Waals surface area contributed by atoms with Gasteiger partial charge in [-0.15, -0.1) is 11.3 Å². The molecule has 40 heavy (non-hydrogen) atoms. The Morgan fingerprint density at radius 3 is 2.80 bits per heavy atom. The van der Waals surface area contributed by atoms with Crippen LogP contribution in [-0.4, -0.2) is 73.3 Å². The van der Waals surface area contributed by atoms with Crippen molar-refractivity contribution in [2.75, 3.05) is 19.6 Å². The lowest BCUT2D eigenvalue weighted by Gasteiger charge is -2.32. The average Bonchev–Trinajstić information content (AvgIpc) is 3.69. The highest BCUT2D eigenvalue weighted by atomic mass is 35.5. The second kappa shape index (κ2) is 10.9. The Morgan fingerprint density at radius 2 is 2.10 bits per heavy atom. The van der Waals surface area contributed by atoms with Crippen LogP contribution in [0.3, 0.4) is 0 Å². The first-order chi connectivity index (χ1) is 19.3. The number of aliphatic hydroxyl groups is 1. The van der Waals surface area contributed by atoms with Gasteiger partial charge in [-0.1, -0.05) is 17.7 Å². The Morgan fingerprint density at radius 1 is 1.25 bits per heavy atom. The molecule has 0 bridgehead atoms. The molecule has 0 radical (unpaired) electrons. The molecule has 3 aliphatic heterocycles. The van der Waals surface area contributed by atoms with Gasteiger partial charge in [0.25, 0.3) is 0 Å². The van der Waals surface area contributed by atoms with E-state index in [1.54, 1.807) is 11.1 Å². The molecule has 3 aromatic rings. The summed E-state index contributed by atoms with van der Waals surface area (Å²) in [6.07, 6.45) is 4.02. The number of hydrogen-bond donors (Lipinski definition) is 2. The molecule has 3 atom stereocenters. The Bertz CT molecular complexity index is 1480. The number of piperidine rings is 1. The van der Waals surface area contributed by atoms with E-state index in [2.05, 4.69) is 15.4 Å². The molecule has 0 aliphatic carbocycles. The molecule has 210 valence electrons. The molecular formula is C26H25ClF3N7O2S. The normalized spacial score (nSPS) is 23.1. The van der Waals surface area contributed by atoms with Gasteiger partial charge in [-0.2, -0.15) is 13.9 Å². The Balaban J connectivity index is 1.43. The molecule has 9 nitrogen and oxygen atoms in total. The summed E-state index contributed by atoms with van der Waals surface area (Å²) in [4.78, 5) is 26.0. The number of β-amino-alcohol motifs (C(OH)–C–C–N with tert-alkyl or cyclic N) is 1. The molecule has 2 saturated heterocycles. The number of nitrogens with zero attached hydrogens (tertiary/aromatic N) is 6. The molecule has 2 fully saturated rings. The lowest BCUT2D eigenvalue weighted by Crippen LogP contribution is -2.50. The summed E-state index contributed by atoms with van der Waals surface area (Å²) in [5, 5.41) is 19.8. The van der Waals surface area contributed by atoms with Crippen LogP contribution in [0.15, 0.2) is 52.7 Å². The molecule has 3 aliphatic rings. The zero-order valence-electron chi connectivity index (χ0n) is 21.1. The first-order valence-corrected chi connectivity index (χ1v) is 14.0. The number of amidine groups is 1. The van der Waals surface area contributed by atoms with Gasteiger partial charge in [-0.25, -0.2) is 18.9 Å². The van der Waals surface area contributed by atoms with E-state index in [1.165, 1.54) is 41.8 Å². The fourth-order valence-electron chi connectivity index (χ4n) is 5.46. The number of urea groups is 1. The molecule has 0 saturated carbocycles. The third-order valence-electron chi connectivity index (χ3n) is 7.24. The summed E-state index contributed by atoms with van der Waals surface area (Å²) >= 11 is 7.88. The summed E-state index contributed by atoms with van der Waals surface area (Å²) in [5.74, 6) is 0.0237. The fourth-order valence-corrected chi connectivity index (χ4v) is 6.37. The number of aliphatic imine (C=N–C) groups is 1. The molecule has 6 rings (SSSR count). The molecule has 0 spiro atoms. The van der Waals surface area contributed by atoms with Crippen molar-refractivity contribution in [1.29, 1.82) is 0 Å². The van der Waals surface area contributed by atoms with Crippen molar-refractivity contribution in [3.05, 3.63) is 74.8 Å². The molecule has 2 N–H and O–H groups in total. The van der Waals surface area contributed by atoms with Crippen molar-refractivity contribution in [1.82, 2.24) is 29.9 Å². The van der Waals surface area contributed by atoms with Crippen molar-refractivity contribution in [2.45, 2.75) is 44.0 Å². The number of benzene rings is 1. The molecule has 5 heterocycles. The van der Waals surface area contributed by atoms with E-state index in [1.807, 2.05) is 10.3 Å². The summed E-state index contributed by atoms with van der Waals surface area (Å²) in [7, 11) is 0. The maximum Gasteiger partial charge on any atom is 0.333 e. The van der Waals surface area contributed by atoms with E-state index in [-0.39, 0.29) is 29.3 Å². The number of thiazole rings is 1. The van der Waals surface area contributed by atoms with Gasteiger partial charge in [0.1, 0.15) is 11.9 Å². The number of aliphatic hydroxyl groups excluding tert-OH is 1. The summed E-state index contributed by atoms with van der Waals surface area (Å²) in [6, 6.07) is 4.07. The highest BCUT2D eigenvalue weighted by Crippen LogP contribution is 2.46. The summed E-state index contributed by atoms with van der Waals surface area (Å²) in [6.45, 7) is -1.66. The zero-order valence-corrected chi connectivity index (χ0v) is 22.6. The van der Waals surface area contributed by atoms with Crippen LogP contribution in [0.25, 0.3) is 5.57 Å². The van der Waals surface area contributed by atoms with E-state index in [4.69, 9.17) is 16.6 Å². The quantitative estimate of drug-likeness (QED) is 0.449. The van der Waals surface area contributed by atoms with Crippen LogP contribution >= 0.6 is 22.9 Å². The van der Waals surface area contributed by atoms with Crippen molar-refractivity contribution in [2.24, 2.45) is 4.99 Å². The smallest absolute Gasteiger partial charge is 0.333 e. The number of nitrogens with one attached hydrogen (secondary N) is 1. The fraction of sp³-hybridized carbons (Fsp3) is 0.385. The van der Waals surface area contributed by atoms with Crippen LogP contribution in [0.5, 0.6) is 0 Å². The van der Waals surface area contributed by atoms with E-state index in [0.717, 1.165) is 5.70 Å². The SMILES string of the molecule is O=C(N[C@H]1CC2=C(c3ccn(C(F)F)n3)[C@H](c3ccc(F)cc3Cl)N=C(c3nccs3)N2C1)N1CCC[C@H](O)C1. The van der Waals surface area contributed by atoms with Crippen molar-refractivity contribution < 1.29 is 23.1 Å². The van der Waals surface area contributed by atoms with Gasteiger partial charge in [0, 0.05) is 65.7 Å². The van der Waals surface area contributed by atoms with Gasteiger partial charge in [0.05, 0.1) is 17.8 Å². The highest BCUT2D eigenvalue weighted by molar-refractivity contribution is 7.11. The van der Waals surface area contributed by atoms with Gasteiger partial charge in [0.2, 0.25) is 0 Å². The number of fused-ring (bicyclic) bond motifs is 1. The van der Waals surface area contributed by atoms with E-state index < -0.39 is 24.5 Å². The van der Waals surface area contributed by atoms with E-state index >= 15 is 0 Å². The molecule has 2 aromatic heterocycles. The number of amides is 2. The van der Waals surface area contributed by atoms with Crippen LogP contribution in [0.2, 0.25) is 5.02 Å². The number of alkyl halides is 2. The first kappa shape index (κ1) is 26.8. The number of hydrogen-bond acceptors (Lipinski definition) is 7. The lowest BCUT2D eigenvalue weighted by molar-refractivity contribution is 0.0564. The predicted molar refractivity (Wildman–Crippen MR) is 144 cm³/mol. The monoisotopic (exact) mass is 591 g/mol. The van der Waals surface area contributed by atoms with Crippen molar-refractivity contribution in [3.63, 3.8) is 0 Å². The van der Waals surface area contributed by atoms with Gasteiger partial charge < -0.3 is 20.2 Å². The Hall–Kier alpha value is -3.42. The Labute approximate surface area is 236 Å². The van der Waals surface area contributed by atoms with Gasteiger partial charge >= 0.3 is 12.6 Å². The van der Waals surface area contributed by atoms with Crippen LogP contribution in [0, 0.1) is 5.82 Å². The van der Waals surface area contributed by atoms with Crippen LogP contribution in [0.4, 0.5) is 18.0 Å². The Kier molecular flexibility index (Phi) is 7.27. The third-order valence-corrected chi connectivity index (χ3v) is 8.33. The maximum absolute atomic E-state index is 14.0. The number of carbonyl (C=O) groups excluding carboxylic acids is 1. The van der Waals surface area contributed by atoms with Crippen LogP contribution < -0.4 is 5.32 Å². The number of likely N-dealkylation sites (tertiary alicyclic amines) is 1. The molecular weight excluding hydrogens is 567 g/mol. The van der Waals surface area contributed by atoms with Gasteiger partial charge in [0.15, 0.2) is 10.8 Å². The second-order valence-corrected chi connectivity index (χ2v) is 11.2. The molecule has 0 unspecified atom stereocenters.